The van der Waals surface area contributed by atoms with Gasteiger partial charge in [-0.2, -0.15) is 0 Å². The van der Waals surface area contributed by atoms with E-state index >= 15 is 0 Å². The molecule has 0 radical (unpaired) electrons. The second-order valence-electron chi connectivity index (χ2n) is 8.14. The van der Waals surface area contributed by atoms with E-state index in [2.05, 4.69) is 14.1 Å². The van der Waals surface area contributed by atoms with E-state index in [9.17, 15) is 13.9 Å². The van der Waals surface area contributed by atoms with E-state index in [0.717, 1.165) is 18.7 Å². The lowest BCUT2D eigenvalue weighted by atomic mass is 9.98. The van der Waals surface area contributed by atoms with Crippen LogP contribution in [0.3, 0.4) is 0 Å². The number of hydrogen-bond acceptors (Lipinski definition) is 9. The zero-order valence-electron chi connectivity index (χ0n) is 18.1. The Morgan fingerprint density at radius 1 is 1.38 bits per heavy atom. The standard InChI is InChI=1S/C21H28N6O4S/c1-26(2)18-11-15(8-9-23-18)21(28)27-10-4-5-14(12-27)13-31-17-7-3-6-16-19(17)20(22)25-32(29,30)24-16/h3,6-9,11,14,24,29-30H,4-5,10,12-13H2,1-2H3,(H2,22,25)/t14-/m0/s1. The molecule has 0 unspecified atom stereocenters. The fourth-order valence-corrected chi connectivity index (χ4v) is 4.80. The summed E-state index contributed by atoms with van der Waals surface area (Å²) < 4.78 is 32.0. The highest BCUT2D eigenvalue weighted by Gasteiger charge is 2.28. The Bertz CT molecular complexity index is 1040. The van der Waals surface area contributed by atoms with Gasteiger partial charge < -0.3 is 20.3 Å². The molecule has 1 aromatic carbocycles. The molecule has 0 saturated carbocycles. The van der Waals surface area contributed by atoms with Crippen molar-refractivity contribution in [1.82, 2.24) is 9.88 Å². The van der Waals surface area contributed by atoms with E-state index in [1.165, 1.54) is 0 Å². The van der Waals surface area contributed by atoms with Crippen LogP contribution in [-0.2, 0) is 0 Å². The Balaban J connectivity index is 1.43. The summed E-state index contributed by atoms with van der Waals surface area (Å²) in [6.45, 7) is 1.70. The lowest BCUT2D eigenvalue weighted by Crippen LogP contribution is -2.41. The van der Waals surface area contributed by atoms with E-state index in [0.29, 0.717) is 42.3 Å². The number of carbonyl (C=O) groups is 1. The average molecular weight is 461 g/mol. The van der Waals surface area contributed by atoms with E-state index in [4.69, 9.17) is 10.5 Å². The molecule has 32 heavy (non-hydrogen) atoms. The number of benzene rings is 1. The number of aromatic nitrogens is 1. The molecule has 1 atom stereocenters. The zero-order valence-corrected chi connectivity index (χ0v) is 18.9. The number of hydrogen-bond donors (Lipinski definition) is 4. The average Bonchev–Trinajstić information content (AvgIpc) is 2.76. The number of ether oxygens (including phenoxy) is 1. The van der Waals surface area contributed by atoms with Crippen molar-refractivity contribution >= 4 is 34.2 Å². The molecule has 1 saturated heterocycles. The van der Waals surface area contributed by atoms with Gasteiger partial charge in [0.1, 0.15) is 11.6 Å². The number of amides is 1. The minimum Gasteiger partial charge on any atom is -0.492 e. The third kappa shape index (κ3) is 4.74. The van der Waals surface area contributed by atoms with Gasteiger partial charge in [0.2, 0.25) is 0 Å². The van der Waals surface area contributed by atoms with Gasteiger partial charge >= 0.3 is 0 Å². The third-order valence-electron chi connectivity index (χ3n) is 5.49. The van der Waals surface area contributed by atoms with Gasteiger partial charge in [-0.25, -0.2) is 4.98 Å². The summed E-state index contributed by atoms with van der Waals surface area (Å²) >= 11 is 0. The van der Waals surface area contributed by atoms with Crippen LogP contribution in [0.2, 0.25) is 0 Å². The SMILES string of the molecule is CN(C)c1cc(C(=O)N2CCC[C@H](COc3cccc4c3C(N)=NS(O)(O)N4)C2)ccn1. The van der Waals surface area contributed by atoms with Crippen LogP contribution in [0.15, 0.2) is 40.9 Å². The zero-order chi connectivity index (χ0) is 22.9. The van der Waals surface area contributed by atoms with Gasteiger partial charge in [-0.1, -0.05) is 6.07 Å². The lowest BCUT2D eigenvalue weighted by molar-refractivity contribution is 0.0633. The Kier molecular flexibility index (Phi) is 6.13. The van der Waals surface area contributed by atoms with Crippen LogP contribution in [0.1, 0.15) is 28.8 Å². The van der Waals surface area contributed by atoms with Crippen LogP contribution < -0.4 is 20.1 Å². The Hall–Kier alpha value is -3.02. The number of nitrogens with zero attached hydrogens (tertiary/aromatic N) is 4. The van der Waals surface area contributed by atoms with Gasteiger partial charge in [0.15, 0.2) is 5.84 Å². The van der Waals surface area contributed by atoms with Crippen molar-refractivity contribution in [3.8, 4) is 5.75 Å². The summed E-state index contributed by atoms with van der Waals surface area (Å²) in [5.74, 6) is 1.42. The summed E-state index contributed by atoms with van der Waals surface area (Å²) in [4.78, 5) is 21.0. The van der Waals surface area contributed by atoms with Gasteiger partial charge in [-0.05, 0) is 48.1 Å². The highest BCUT2D eigenvalue weighted by Crippen LogP contribution is 2.46. The molecule has 0 spiro atoms. The molecule has 172 valence electrons. The minimum absolute atomic E-state index is 0.0110. The predicted molar refractivity (Wildman–Crippen MR) is 126 cm³/mol. The molecule has 5 N–H and O–H groups in total. The summed E-state index contributed by atoms with van der Waals surface area (Å²) in [7, 11) is 0.439. The first-order chi connectivity index (χ1) is 15.2. The fraction of sp³-hybridized carbons (Fsp3) is 0.381. The normalized spacial score (nSPS) is 20.4. The predicted octanol–water partition coefficient (Wildman–Crippen LogP) is 2.79. The van der Waals surface area contributed by atoms with E-state index in [1.54, 1.807) is 36.5 Å². The van der Waals surface area contributed by atoms with Gasteiger partial charge in [0, 0.05) is 44.9 Å². The summed E-state index contributed by atoms with van der Waals surface area (Å²) in [6, 6.07) is 8.75. The number of likely N-dealkylation sites (tertiary alicyclic amines) is 1. The number of nitrogens with one attached hydrogen (secondary N) is 1. The molecule has 2 aliphatic heterocycles. The molecule has 2 aromatic rings. The molecule has 4 rings (SSSR count). The largest absolute Gasteiger partial charge is 0.492 e. The van der Waals surface area contributed by atoms with Crippen LogP contribution in [0.4, 0.5) is 11.5 Å². The summed E-state index contributed by atoms with van der Waals surface area (Å²) in [6.07, 6.45) is 3.49. The second-order valence-corrected chi connectivity index (χ2v) is 9.57. The number of rotatable bonds is 5. The number of amidine groups is 1. The van der Waals surface area contributed by atoms with Gasteiger partial charge in [0.25, 0.3) is 5.91 Å². The molecule has 1 amide bonds. The highest BCUT2D eigenvalue weighted by atomic mass is 32.3. The molecular weight excluding hydrogens is 432 g/mol. The number of anilines is 2. The van der Waals surface area contributed by atoms with Gasteiger partial charge in [0.05, 0.1) is 17.9 Å². The third-order valence-corrected chi connectivity index (χ3v) is 6.43. The van der Waals surface area contributed by atoms with Crippen molar-refractivity contribution in [1.29, 1.82) is 0 Å². The summed E-state index contributed by atoms with van der Waals surface area (Å²) in [5.41, 5.74) is 7.55. The van der Waals surface area contributed by atoms with Crippen molar-refractivity contribution in [2.45, 2.75) is 12.8 Å². The first kappa shape index (κ1) is 22.2. The van der Waals surface area contributed by atoms with Crippen LogP contribution in [0, 0.1) is 5.92 Å². The molecule has 0 bridgehead atoms. The highest BCUT2D eigenvalue weighted by molar-refractivity contribution is 8.24. The van der Waals surface area contributed by atoms with Crippen molar-refractivity contribution in [3.63, 3.8) is 0 Å². The maximum absolute atomic E-state index is 13.0. The molecule has 10 nitrogen and oxygen atoms in total. The molecular formula is C21H28N6O4S. The number of nitrogens with two attached hydrogens (primary N) is 1. The molecule has 11 heteroatoms. The van der Waals surface area contributed by atoms with Gasteiger partial charge in [-0.3, -0.25) is 18.6 Å². The van der Waals surface area contributed by atoms with Crippen LogP contribution in [0.5, 0.6) is 5.75 Å². The van der Waals surface area contributed by atoms with Crippen LogP contribution >= 0.6 is 11.0 Å². The van der Waals surface area contributed by atoms with Crippen molar-refractivity contribution in [2.75, 3.05) is 43.4 Å². The van der Waals surface area contributed by atoms with E-state index in [1.807, 2.05) is 23.9 Å². The molecule has 2 aliphatic rings. The van der Waals surface area contributed by atoms with Crippen LogP contribution in [0.25, 0.3) is 0 Å². The maximum Gasteiger partial charge on any atom is 0.254 e. The van der Waals surface area contributed by atoms with E-state index in [-0.39, 0.29) is 17.7 Å². The molecule has 3 heterocycles. The monoisotopic (exact) mass is 460 g/mol. The molecule has 1 fully saturated rings. The quantitative estimate of drug-likeness (QED) is 0.535. The number of pyridine rings is 1. The van der Waals surface area contributed by atoms with Crippen molar-refractivity contribution in [2.24, 2.45) is 16.0 Å². The molecule has 0 aliphatic carbocycles. The lowest BCUT2D eigenvalue weighted by Gasteiger charge is -2.34. The fourth-order valence-electron chi connectivity index (χ4n) is 3.93. The van der Waals surface area contributed by atoms with E-state index < -0.39 is 11.0 Å². The maximum atomic E-state index is 13.0. The molecule has 1 aromatic heterocycles. The van der Waals surface area contributed by atoms with Crippen LogP contribution in [-0.4, -0.2) is 64.5 Å². The number of carbonyl (C=O) groups excluding carboxylic acids is 1. The Labute approximate surface area is 188 Å². The van der Waals surface area contributed by atoms with Crippen molar-refractivity contribution in [3.05, 3.63) is 47.7 Å². The second kappa shape index (κ2) is 8.85. The smallest absolute Gasteiger partial charge is 0.254 e. The number of piperidine rings is 1. The van der Waals surface area contributed by atoms with Gasteiger partial charge in [-0.15, -0.1) is 4.40 Å². The Morgan fingerprint density at radius 3 is 2.97 bits per heavy atom. The minimum atomic E-state index is -3.34. The first-order valence-corrected chi connectivity index (χ1v) is 11.8. The van der Waals surface area contributed by atoms with Crippen molar-refractivity contribution < 1.29 is 18.6 Å². The Morgan fingerprint density at radius 2 is 2.19 bits per heavy atom. The number of fused-ring (bicyclic) bond motifs is 1. The first-order valence-electron chi connectivity index (χ1n) is 10.3. The topological polar surface area (TPSA) is 137 Å². The summed E-state index contributed by atoms with van der Waals surface area (Å²) in [5, 5.41) is 0.